The third-order valence-electron chi connectivity index (χ3n) is 3.97. The van der Waals surface area contributed by atoms with Gasteiger partial charge < -0.3 is 15.7 Å². The predicted octanol–water partition coefficient (Wildman–Crippen LogP) is 1.74. The average Bonchev–Trinajstić information content (AvgIpc) is 3.21. The van der Waals surface area contributed by atoms with Crippen molar-refractivity contribution in [3.8, 4) is 0 Å². The van der Waals surface area contributed by atoms with Gasteiger partial charge >= 0.3 is 12.1 Å². The first-order valence-corrected chi connectivity index (χ1v) is 7.99. The molecule has 1 unspecified atom stereocenters. The number of amides is 1. The number of nitrogens with zero attached hydrogens (tertiary/aromatic N) is 2. The van der Waals surface area contributed by atoms with Crippen LogP contribution in [-0.2, 0) is 24.2 Å². The van der Waals surface area contributed by atoms with Crippen LogP contribution in [0.5, 0.6) is 0 Å². The summed E-state index contributed by atoms with van der Waals surface area (Å²) in [6, 6.07) is 7.96. The molecule has 0 aliphatic heterocycles. The second-order valence-electron chi connectivity index (χ2n) is 6.20. The number of alkyl halides is 3. The molecule has 4 N–H and O–H groups in total. The van der Waals surface area contributed by atoms with Crippen LogP contribution < -0.4 is 5.73 Å². The van der Waals surface area contributed by atoms with E-state index in [1.54, 1.807) is 18.1 Å². The molecule has 1 aliphatic rings. The highest BCUT2D eigenvalue weighted by Gasteiger charge is 2.38. The van der Waals surface area contributed by atoms with Crippen molar-refractivity contribution in [3.63, 3.8) is 0 Å². The summed E-state index contributed by atoms with van der Waals surface area (Å²) in [6.45, 7) is 0.523. The molecule has 7 nitrogen and oxygen atoms in total. The third-order valence-corrected chi connectivity index (χ3v) is 3.97. The number of aromatic nitrogens is 2. The molecular formula is C17H19F3N4O3. The highest BCUT2D eigenvalue weighted by atomic mass is 19.4. The first kappa shape index (κ1) is 20.4. The zero-order chi connectivity index (χ0) is 20.2. The van der Waals surface area contributed by atoms with E-state index in [-0.39, 0.29) is 11.9 Å². The lowest BCUT2D eigenvalue weighted by Crippen LogP contribution is -2.26. The van der Waals surface area contributed by atoms with E-state index in [0.29, 0.717) is 6.54 Å². The van der Waals surface area contributed by atoms with Gasteiger partial charge in [0.2, 0.25) is 0 Å². The summed E-state index contributed by atoms with van der Waals surface area (Å²) in [5.74, 6) is -2.74. The minimum Gasteiger partial charge on any atom is -0.475 e. The molecule has 1 aliphatic carbocycles. The number of hydrogen-bond acceptors (Lipinski definition) is 4. The normalized spacial score (nSPS) is 15.5. The molecule has 1 aromatic heterocycles. The largest absolute Gasteiger partial charge is 0.490 e. The molecule has 3 rings (SSSR count). The van der Waals surface area contributed by atoms with Crippen LogP contribution in [0.1, 0.15) is 27.2 Å². The van der Waals surface area contributed by atoms with Crippen LogP contribution >= 0.6 is 0 Å². The summed E-state index contributed by atoms with van der Waals surface area (Å²) in [6.07, 6.45) is -1.63. The molecule has 1 atom stereocenters. The number of nitrogens with one attached hydrogen (secondary N) is 1. The first-order valence-electron chi connectivity index (χ1n) is 7.99. The van der Waals surface area contributed by atoms with Gasteiger partial charge in [0.15, 0.2) is 0 Å². The number of carboxylic acid groups (broad SMARTS) is 1. The van der Waals surface area contributed by atoms with Crippen molar-refractivity contribution >= 4 is 11.9 Å². The molecule has 0 spiro atoms. The fourth-order valence-electron chi connectivity index (χ4n) is 2.71. The van der Waals surface area contributed by atoms with E-state index in [0.717, 1.165) is 24.1 Å². The zero-order valence-corrected chi connectivity index (χ0v) is 14.5. The number of carbonyl (C=O) groups is 2. The molecule has 27 heavy (non-hydrogen) atoms. The van der Waals surface area contributed by atoms with E-state index in [2.05, 4.69) is 10.2 Å². The van der Waals surface area contributed by atoms with E-state index in [4.69, 9.17) is 15.6 Å². The number of aromatic amines is 1. The molecule has 1 amide bonds. The lowest BCUT2D eigenvalue weighted by atomic mass is 10.1. The number of carboxylic acids is 1. The summed E-state index contributed by atoms with van der Waals surface area (Å²) in [4.78, 5) is 23.0. The smallest absolute Gasteiger partial charge is 0.475 e. The van der Waals surface area contributed by atoms with Crippen molar-refractivity contribution in [1.29, 1.82) is 0 Å². The molecule has 0 fully saturated rings. The number of benzene rings is 1. The third kappa shape index (κ3) is 5.55. The maximum Gasteiger partial charge on any atom is 0.490 e. The monoisotopic (exact) mass is 384 g/mol. The molecule has 2 aromatic rings. The van der Waals surface area contributed by atoms with E-state index >= 15 is 0 Å². The summed E-state index contributed by atoms with van der Waals surface area (Å²) in [5.41, 5.74) is 10.1. The second-order valence-corrected chi connectivity index (χ2v) is 6.20. The minimum atomic E-state index is -5.08. The van der Waals surface area contributed by atoms with Crippen molar-refractivity contribution in [3.05, 3.63) is 52.8 Å². The maximum atomic E-state index is 12.4. The summed E-state index contributed by atoms with van der Waals surface area (Å²) in [7, 11) is 1.79. The van der Waals surface area contributed by atoms with E-state index in [9.17, 15) is 18.0 Å². The van der Waals surface area contributed by atoms with E-state index < -0.39 is 12.1 Å². The Kier molecular flexibility index (Phi) is 6.21. The van der Waals surface area contributed by atoms with Crippen molar-refractivity contribution < 1.29 is 27.9 Å². The van der Waals surface area contributed by atoms with Crippen LogP contribution in [0.15, 0.2) is 30.5 Å². The van der Waals surface area contributed by atoms with Gasteiger partial charge in [-0.1, -0.05) is 6.07 Å². The highest BCUT2D eigenvalue weighted by Crippen LogP contribution is 2.23. The molecule has 10 heteroatoms. The van der Waals surface area contributed by atoms with Crippen LogP contribution in [0.4, 0.5) is 13.2 Å². The van der Waals surface area contributed by atoms with Crippen LogP contribution in [0.25, 0.3) is 0 Å². The number of halogens is 3. The van der Waals surface area contributed by atoms with Gasteiger partial charge in [-0.15, -0.1) is 0 Å². The van der Waals surface area contributed by atoms with Crippen molar-refractivity contribution in [2.24, 2.45) is 5.73 Å². The Balaban J connectivity index is 0.000000321. The number of rotatable bonds is 3. The van der Waals surface area contributed by atoms with Crippen molar-refractivity contribution in [1.82, 2.24) is 15.1 Å². The minimum absolute atomic E-state index is 0.0165. The number of carbonyl (C=O) groups excluding carboxylic acids is 1. The molecule has 0 bridgehead atoms. The quantitative estimate of drug-likeness (QED) is 0.746. The summed E-state index contributed by atoms with van der Waals surface area (Å²) < 4.78 is 31.7. The molecular weight excluding hydrogens is 365 g/mol. The van der Waals surface area contributed by atoms with Crippen LogP contribution in [-0.4, -0.2) is 51.3 Å². The van der Waals surface area contributed by atoms with Gasteiger partial charge in [-0.3, -0.25) is 9.89 Å². The lowest BCUT2D eigenvalue weighted by Gasteiger charge is -2.16. The highest BCUT2D eigenvalue weighted by molar-refractivity contribution is 5.94. The van der Waals surface area contributed by atoms with Crippen LogP contribution in [0, 0.1) is 0 Å². The fraction of sp³-hybridized carbons (Fsp3) is 0.353. The van der Waals surface area contributed by atoms with Gasteiger partial charge in [0.25, 0.3) is 5.91 Å². The van der Waals surface area contributed by atoms with E-state index in [1.807, 2.05) is 24.3 Å². The average molecular weight is 384 g/mol. The van der Waals surface area contributed by atoms with Crippen LogP contribution in [0.2, 0.25) is 0 Å². The van der Waals surface area contributed by atoms with E-state index in [1.165, 1.54) is 11.1 Å². The number of nitrogens with two attached hydrogens (primary N) is 1. The fourth-order valence-corrected chi connectivity index (χ4v) is 2.71. The molecule has 0 saturated heterocycles. The van der Waals surface area contributed by atoms with Crippen molar-refractivity contribution in [2.75, 3.05) is 7.05 Å². The molecule has 1 aromatic carbocycles. The molecule has 1 heterocycles. The Bertz CT molecular complexity index is 806. The Labute approximate surface area is 153 Å². The van der Waals surface area contributed by atoms with Gasteiger partial charge in [-0.2, -0.15) is 18.3 Å². The first-order chi connectivity index (χ1) is 12.6. The van der Waals surface area contributed by atoms with Gasteiger partial charge in [0.05, 0.1) is 12.2 Å². The maximum absolute atomic E-state index is 12.4. The second kappa shape index (κ2) is 8.21. The van der Waals surface area contributed by atoms with Gasteiger partial charge in [0.1, 0.15) is 0 Å². The van der Waals surface area contributed by atoms with Gasteiger partial charge in [0, 0.05) is 24.8 Å². The van der Waals surface area contributed by atoms with Gasteiger partial charge in [-0.25, -0.2) is 4.79 Å². The summed E-state index contributed by atoms with van der Waals surface area (Å²) >= 11 is 0. The number of fused-ring (bicyclic) bond motifs is 1. The number of hydrogen-bond donors (Lipinski definition) is 3. The molecule has 0 saturated carbocycles. The number of aliphatic carboxylic acids is 1. The Morgan fingerprint density at radius 2 is 1.93 bits per heavy atom. The Morgan fingerprint density at radius 3 is 2.48 bits per heavy atom. The lowest BCUT2D eigenvalue weighted by molar-refractivity contribution is -0.192. The standard InChI is InChI=1S/C15H18N4O.C2HF3O2/c1-19(9-14-4-5-17-18-14)15(20)11-3-2-10-7-13(16)8-12(10)6-11;3-2(4,5)1(6)7/h2-6,13H,7-9,16H2,1H3,(H,17,18);(H,6,7). The van der Waals surface area contributed by atoms with Crippen molar-refractivity contribution in [2.45, 2.75) is 31.6 Å². The molecule has 146 valence electrons. The molecule has 0 radical (unpaired) electrons. The Hall–Kier alpha value is -2.88. The summed E-state index contributed by atoms with van der Waals surface area (Å²) in [5, 5.41) is 13.9. The Morgan fingerprint density at radius 1 is 1.30 bits per heavy atom. The predicted molar refractivity (Wildman–Crippen MR) is 89.9 cm³/mol. The zero-order valence-electron chi connectivity index (χ0n) is 14.5. The van der Waals surface area contributed by atoms with Gasteiger partial charge in [-0.05, 0) is 42.2 Å². The SMILES string of the molecule is CN(Cc1ccn[nH]1)C(=O)c1ccc2c(c1)CC(N)C2.O=C(O)C(F)(F)F. The number of H-pyrrole nitrogens is 1. The topological polar surface area (TPSA) is 112 Å². The van der Waals surface area contributed by atoms with Crippen LogP contribution in [0.3, 0.4) is 0 Å².